The average Bonchev–Trinajstić information content (AvgIpc) is 3.54. The van der Waals surface area contributed by atoms with E-state index >= 15 is 0 Å². The molecule has 1 aliphatic heterocycles. The number of esters is 4. The van der Waals surface area contributed by atoms with Crippen LogP contribution in [0, 0.1) is 5.92 Å². The predicted octanol–water partition coefficient (Wildman–Crippen LogP) is 2.45. The van der Waals surface area contributed by atoms with E-state index in [-0.39, 0.29) is 12.3 Å². The molecule has 0 radical (unpaired) electrons. The van der Waals surface area contributed by atoms with Crippen LogP contribution in [0.1, 0.15) is 77.6 Å². The van der Waals surface area contributed by atoms with Crippen LogP contribution in [0.5, 0.6) is 0 Å². The van der Waals surface area contributed by atoms with Crippen LogP contribution in [0.25, 0.3) is 0 Å². The van der Waals surface area contributed by atoms with E-state index in [4.69, 9.17) is 18.8 Å². The first-order valence-electron chi connectivity index (χ1n) is 11.9. The van der Waals surface area contributed by atoms with Crippen LogP contribution in [-0.2, 0) is 48.2 Å². The number of cyclic esters (lactones) is 1. The monoisotopic (exact) mass is 540 g/mol. The maximum Gasteiger partial charge on any atom is 0.405 e. The summed E-state index contributed by atoms with van der Waals surface area (Å²) in [6.07, 6.45) is 0.682. The maximum absolute atomic E-state index is 13.4. The smallest absolute Gasteiger partial charge is 0.405 e. The van der Waals surface area contributed by atoms with E-state index in [0.717, 1.165) is 51.4 Å². The van der Waals surface area contributed by atoms with Crippen molar-refractivity contribution in [3.63, 3.8) is 0 Å². The Morgan fingerprint density at radius 1 is 1.11 bits per heavy atom. The fraction of sp³-hybridized carbons (Fsp3) is 0.818. The molecule has 3 unspecified atom stereocenters. The lowest BCUT2D eigenvalue weighted by Gasteiger charge is -2.35. The molecular weight excluding hydrogens is 510 g/mol. The van der Waals surface area contributed by atoms with Gasteiger partial charge in [0.15, 0.2) is 6.10 Å². The highest BCUT2D eigenvalue weighted by atomic mass is 32.2. The van der Waals surface area contributed by atoms with Crippen molar-refractivity contribution in [2.75, 3.05) is 0 Å². The van der Waals surface area contributed by atoms with Gasteiger partial charge in [-0.15, -0.1) is 0 Å². The minimum absolute atomic E-state index is 0.258. The minimum Gasteiger partial charge on any atom is -0.456 e. The van der Waals surface area contributed by atoms with Gasteiger partial charge in [-0.25, -0.2) is 9.59 Å². The van der Waals surface area contributed by atoms with E-state index in [1.54, 1.807) is 0 Å². The standard InChI is InChI=1S/C22H30F2O11S/c1-13(22(23,24)36(29,30)31)32-17(25)8-9-18(26)33-15-12-16(34-19(15)27)20(28)35-21(10-4-5-11-21)14-6-2-3-7-14/h13-16H,2-12H2,1H3,(H,29,30,31). The van der Waals surface area contributed by atoms with Gasteiger partial charge in [-0.3, -0.25) is 14.1 Å². The third kappa shape index (κ3) is 6.31. The molecule has 0 aromatic rings. The van der Waals surface area contributed by atoms with Gasteiger partial charge in [-0.1, -0.05) is 12.8 Å². The highest BCUT2D eigenvalue weighted by Crippen LogP contribution is 2.46. The van der Waals surface area contributed by atoms with Crippen molar-refractivity contribution in [3.05, 3.63) is 0 Å². The Morgan fingerprint density at radius 2 is 1.69 bits per heavy atom. The molecule has 3 rings (SSSR count). The Kier molecular flexibility index (Phi) is 8.59. The Bertz CT molecular complexity index is 968. The molecule has 3 atom stereocenters. The van der Waals surface area contributed by atoms with Crippen molar-refractivity contribution in [1.29, 1.82) is 0 Å². The van der Waals surface area contributed by atoms with Crippen molar-refractivity contribution in [2.45, 2.75) is 107 Å². The molecule has 1 heterocycles. The molecule has 11 nitrogen and oxygen atoms in total. The maximum atomic E-state index is 13.4. The van der Waals surface area contributed by atoms with E-state index in [9.17, 15) is 36.4 Å². The lowest BCUT2D eigenvalue weighted by Crippen LogP contribution is -2.42. The summed E-state index contributed by atoms with van der Waals surface area (Å²) in [4.78, 5) is 48.6. The second kappa shape index (κ2) is 11.0. The Morgan fingerprint density at radius 3 is 2.28 bits per heavy atom. The molecule has 1 N–H and O–H groups in total. The highest BCUT2D eigenvalue weighted by molar-refractivity contribution is 7.86. The normalized spacial score (nSPS) is 25.3. The average molecular weight is 541 g/mol. The third-order valence-corrected chi connectivity index (χ3v) is 8.02. The number of carbonyl (C=O) groups excluding carboxylic acids is 4. The zero-order chi connectivity index (χ0) is 26.7. The molecule has 0 spiro atoms. The molecule has 1 saturated heterocycles. The van der Waals surface area contributed by atoms with Gasteiger partial charge >= 0.3 is 39.2 Å². The lowest BCUT2D eigenvalue weighted by atomic mass is 9.84. The molecule has 0 aromatic heterocycles. The second-order valence-corrected chi connectivity index (χ2v) is 11.0. The van der Waals surface area contributed by atoms with Gasteiger partial charge in [0.1, 0.15) is 5.60 Å². The summed E-state index contributed by atoms with van der Waals surface area (Å²) in [5, 5.41) is -4.74. The first-order chi connectivity index (χ1) is 16.7. The molecule has 0 amide bonds. The molecular formula is C22H30F2O11S. The van der Waals surface area contributed by atoms with Crippen LogP contribution in [0.3, 0.4) is 0 Å². The molecule has 3 aliphatic rings. The molecule has 204 valence electrons. The zero-order valence-corrected chi connectivity index (χ0v) is 20.6. The molecule has 36 heavy (non-hydrogen) atoms. The van der Waals surface area contributed by atoms with Gasteiger partial charge in [0.2, 0.25) is 12.2 Å². The van der Waals surface area contributed by atoms with Gasteiger partial charge < -0.3 is 18.9 Å². The third-order valence-electron chi connectivity index (χ3n) is 7.00. The van der Waals surface area contributed by atoms with E-state index in [0.29, 0.717) is 6.92 Å². The summed E-state index contributed by atoms with van der Waals surface area (Å²) in [5.74, 6) is -3.78. The van der Waals surface area contributed by atoms with Crippen LogP contribution in [0.2, 0.25) is 0 Å². The fourth-order valence-corrected chi connectivity index (χ4v) is 5.50. The number of ether oxygens (including phenoxy) is 4. The van der Waals surface area contributed by atoms with Crippen LogP contribution in [0.4, 0.5) is 8.78 Å². The summed E-state index contributed by atoms with van der Waals surface area (Å²) >= 11 is 0. The molecule has 3 fully saturated rings. The van der Waals surface area contributed by atoms with E-state index in [2.05, 4.69) is 4.74 Å². The van der Waals surface area contributed by atoms with Crippen LogP contribution in [0.15, 0.2) is 0 Å². The van der Waals surface area contributed by atoms with Crippen LogP contribution >= 0.6 is 0 Å². The van der Waals surface area contributed by atoms with Crippen molar-refractivity contribution in [2.24, 2.45) is 5.92 Å². The Labute approximate surface area is 206 Å². The summed E-state index contributed by atoms with van der Waals surface area (Å²) in [6, 6.07) is 0. The number of halogens is 2. The van der Waals surface area contributed by atoms with Gasteiger partial charge in [-0.2, -0.15) is 17.2 Å². The van der Waals surface area contributed by atoms with Gasteiger partial charge in [0.25, 0.3) is 0 Å². The number of rotatable bonds is 10. The lowest BCUT2D eigenvalue weighted by molar-refractivity contribution is -0.179. The zero-order valence-electron chi connectivity index (χ0n) is 19.8. The molecule has 2 aliphatic carbocycles. The number of alkyl halides is 2. The van der Waals surface area contributed by atoms with Crippen LogP contribution < -0.4 is 0 Å². The van der Waals surface area contributed by atoms with Gasteiger partial charge in [0.05, 0.1) is 12.8 Å². The van der Waals surface area contributed by atoms with E-state index in [1.165, 1.54) is 0 Å². The fourth-order valence-electron chi connectivity index (χ4n) is 5.04. The second-order valence-electron chi connectivity index (χ2n) is 9.48. The summed E-state index contributed by atoms with van der Waals surface area (Å²) in [7, 11) is -5.82. The quantitative estimate of drug-likeness (QED) is 0.246. The number of hydrogen-bond acceptors (Lipinski definition) is 10. The number of carbonyl (C=O) groups is 4. The first-order valence-corrected chi connectivity index (χ1v) is 13.4. The van der Waals surface area contributed by atoms with Crippen molar-refractivity contribution in [3.8, 4) is 0 Å². The minimum atomic E-state index is -5.82. The molecule has 2 saturated carbocycles. The number of hydrogen-bond donors (Lipinski definition) is 1. The first kappa shape index (κ1) is 28.2. The van der Waals surface area contributed by atoms with E-state index < -0.39 is 76.0 Å². The summed E-state index contributed by atoms with van der Waals surface area (Å²) in [5.41, 5.74) is -0.557. The Hall–Kier alpha value is -2.35. The molecule has 14 heteroatoms. The summed E-state index contributed by atoms with van der Waals surface area (Å²) < 4.78 is 76.9. The highest BCUT2D eigenvalue weighted by Gasteiger charge is 2.52. The molecule has 0 bridgehead atoms. The topological polar surface area (TPSA) is 160 Å². The largest absolute Gasteiger partial charge is 0.456 e. The van der Waals surface area contributed by atoms with Crippen molar-refractivity contribution >= 4 is 34.0 Å². The summed E-state index contributed by atoms with van der Waals surface area (Å²) in [6.45, 7) is 0.556. The van der Waals surface area contributed by atoms with Gasteiger partial charge in [-0.05, 0) is 51.4 Å². The van der Waals surface area contributed by atoms with Crippen LogP contribution in [-0.4, -0.2) is 66.0 Å². The van der Waals surface area contributed by atoms with Crippen molar-refractivity contribution < 1.29 is 59.9 Å². The van der Waals surface area contributed by atoms with Crippen molar-refractivity contribution in [1.82, 2.24) is 0 Å². The SMILES string of the molecule is CC(OC(=O)CCC(=O)OC1CC(C(=O)OC2(C3CCCC3)CCCC2)OC1=O)C(F)(F)S(=O)(=O)O. The predicted molar refractivity (Wildman–Crippen MR) is 115 cm³/mol. The molecule has 0 aromatic carbocycles. The Balaban J connectivity index is 1.46. The van der Waals surface area contributed by atoms with Gasteiger partial charge in [0, 0.05) is 6.42 Å². The van der Waals surface area contributed by atoms with E-state index in [1.807, 2.05) is 0 Å².